The van der Waals surface area contributed by atoms with Crippen LogP contribution in [-0.4, -0.2) is 18.5 Å². The summed E-state index contributed by atoms with van der Waals surface area (Å²) in [4.78, 5) is 12.7. The summed E-state index contributed by atoms with van der Waals surface area (Å²) >= 11 is 3.40. The van der Waals surface area contributed by atoms with E-state index < -0.39 is 6.10 Å². The van der Waals surface area contributed by atoms with Crippen molar-refractivity contribution in [1.82, 2.24) is 5.32 Å². The number of halogens is 2. The topological polar surface area (TPSA) is 64.3 Å². The highest BCUT2D eigenvalue weighted by Crippen LogP contribution is 2.31. The molecule has 1 saturated carbocycles. The Morgan fingerprint density at radius 2 is 1.80 bits per heavy atom. The van der Waals surface area contributed by atoms with E-state index in [2.05, 4.69) is 21.2 Å². The molecule has 2 atom stereocenters. The molecule has 1 amide bonds. The lowest BCUT2D eigenvalue weighted by Crippen LogP contribution is -2.41. The fourth-order valence-electron chi connectivity index (χ4n) is 2.55. The summed E-state index contributed by atoms with van der Waals surface area (Å²) in [6.45, 7) is 0.483. The third kappa shape index (κ3) is 5.73. The van der Waals surface area contributed by atoms with Crippen LogP contribution in [0, 0.1) is 5.92 Å². The SMILES string of the molecule is Cl.NC(CNC(=O)C(Oc1ccc(Br)cc1)c1ccccc1)C1CC1. The van der Waals surface area contributed by atoms with Crippen LogP contribution in [0.4, 0.5) is 0 Å². The molecule has 1 aliphatic rings. The van der Waals surface area contributed by atoms with Gasteiger partial charge in [-0.1, -0.05) is 46.3 Å². The summed E-state index contributed by atoms with van der Waals surface area (Å²) in [5.74, 6) is 1.03. The predicted molar refractivity (Wildman–Crippen MR) is 105 cm³/mol. The van der Waals surface area contributed by atoms with E-state index in [4.69, 9.17) is 10.5 Å². The van der Waals surface area contributed by atoms with E-state index in [-0.39, 0.29) is 24.4 Å². The van der Waals surface area contributed by atoms with Gasteiger partial charge in [0, 0.05) is 22.6 Å². The molecule has 3 rings (SSSR count). The van der Waals surface area contributed by atoms with E-state index in [1.807, 2.05) is 54.6 Å². The Labute approximate surface area is 162 Å². The van der Waals surface area contributed by atoms with Gasteiger partial charge < -0.3 is 15.8 Å². The third-order valence-electron chi connectivity index (χ3n) is 4.15. The molecule has 2 aromatic carbocycles. The molecule has 2 aromatic rings. The molecule has 0 bridgehead atoms. The van der Waals surface area contributed by atoms with Crippen LogP contribution in [-0.2, 0) is 4.79 Å². The molecule has 0 aromatic heterocycles. The molecule has 0 saturated heterocycles. The molecule has 134 valence electrons. The molecule has 0 aliphatic heterocycles. The van der Waals surface area contributed by atoms with E-state index in [0.717, 1.165) is 22.9 Å². The van der Waals surface area contributed by atoms with Gasteiger partial charge in [0.15, 0.2) is 0 Å². The van der Waals surface area contributed by atoms with Crippen molar-refractivity contribution in [2.45, 2.75) is 25.0 Å². The maximum absolute atomic E-state index is 12.7. The smallest absolute Gasteiger partial charge is 0.265 e. The number of carbonyl (C=O) groups excluding carboxylic acids is 1. The molecule has 2 unspecified atom stereocenters. The van der Waals surface area contributed by atoms with E-state index in [1.165, 1.54) is 0 Å². The van der Waals surface area contributed by atoms with Crippen molar-refractivity contribution in [3.05, 3.63) is 64.6 Å². The monoisotopic (exact) mass is 424 g/mol. The van der Waals surface area contributed by atoms with Gasteiger partial charge in [-0.15, -0.1) is 12.4 Å². The lowest BCUT2D eigenvalue weighted by atomic mass is 10.1. The van der Waals surface area contributed by atoms with Crippen molar-refractivity contribution >= 4 is 34.2 Å². The number of carbonyl (C=O) groups is 1. The number of hydrogen-bond donors (Lipinski definition) is 2. The molecule has 0 spiro atoms. The van der Waals surface area contributed by atoms with E-state index in [1.54, 1.807) is 0 Å². The average Bonchev–Trinajstić information content (AvgIpc) is 3.45. The zero-order chi connectivity index (χ0) is 16.9. The van der Waals surface area contributed by atoms with Crippen LogP contribution in [0.25, 0.3) is 0 Å². The van der Waals surface area contributed by atoms with Crippen molar-refractivity contribution in [1.29, 1.82) is 0 Å². The Hall–Kier alpha value is -1.56. The summed E-state index contributed by atoms with van der Waals surface area (Å²) < 4.78 is 6.92. The number of hydrogen-bond acceptors (Lipinski definition) is 3. The van der Waals surface area contributed by atoms with Crippen molar-refractivity contribution < 1.29 is 9.53 Å². The fourth-order valence-corrected chi connectivity index (χ4v) is 2.82. The highest BCUT2D eigenvalue weighted by molar-refractivity contribution is 9.10. The molecule has 4 nitrogen and oxygen atoms in total. The van der Waals surface area contributed by atoms with Gasteiger partial charge in [0.2, 0.25) is 6.10 Å². The summed E-state index contributed by atoms with van der Waals surface area (Å²) in [7, 11) is 0. The van der Waals surface area contributed by atoms with Gasteiger partial charge in [0.05, 0.1) is 0 Å². The van der Waals surface area contributed by atoms with Crippen LogP contribution in [0.1, 0.15) is 24.5 Å². The molecule has 25 heavy (non-hydrogen) atoms. The van der Waals surface area contributed by atoms with Gasteiger partial charge in [-0.2, -0.15) is 0 Å². The maximum Gasteiger partial charge on any atom is 0.265 e. The number of rotatable bonds is 7. The minimum absolute atomic E-state index is 0. The van der Waals surface area contributed by atoms with E-state index >= 15 is 0 Å². The Morgan fingerprint density at radius 1 is 1.16 bits per heavy atom. The number of ether oxygens (including phenoxy) is 1. The summed E-state index contributed by atoms with van der Waals surface area (Å²) in [5.41, 5.74) is 6.89. The second kappa shape index (κ2) is 9.22. The van der Waals surface area contributed by atoms with Crippen LogP contribution in [0.15, 0.2) is 59.1 Å². The molecular formula is C19H22BrClN2O2. The normalized spacial score (nSPS) is 15.6. The molecule has 1 fully saturated rings. The predicted octanol–water partition coefficient (Wildman–Crippen LogP) is 3.84. The van der Waals surface area contributed by atoms with Crippen LogP contribution >= 0.6 is 28.3 Å². The molecule has 0 radical (unpaired) electrons. The first kappa shape index (κ1) is 19.8. The lowest BCUT2D eigenvalue weighted by Gasteiger charge is -2.20. The van der Waals surface area contributed by atoms with Crippen LogP contribution < -0.4 is 15.8 Å². The summed E-state index contributed by atoms with van der Waals surface area (Å²) in [6.07, 6.45) is 1.63. The molecule has 3 N–H and O–H groups in total. The van der Waals surface area contributed by atoms with Crippen molar-refractivity contribution in [2.75, 3.05) is 6.54 Å². The minimum Gasteiger partial charge on any atom is -0.476 e. The van der Waals surface area contributed by atoms with Gasteiger partial charge in [-0.05, 0) is 43.0 Å². The molecule has 6 heteroatoms. The quantitative estimate of drug-likeness (QED) is 0.708. The van der Waals surface area contributed by atoms with Gasteiger partial charge in [-0.3, -0.25) is 4.79 Å². The second-order valence-electron chi connectivity index (χ2n) is 6.11. The second-order valence-corrected chi connectivity index (χ2v) is 7.02. The highest BCUT2D eigenvalue weighted by Gasteiger charge is 2.30. The van der Waals surface area contributed by atoms with Crippen LogP contribution in [0.3, 0.4) is 0 Å². The largest absolute Gasteiger partial charge is 0.476 e. The minimum atomic E-state index is -0.696. The van der Waals surface area contributed by atoms with E-state index in [0.29, 0.717) is 18.2 Å². The zero-order valence-corrected chi connectivity index (χ0v) is 16.1. The van der Waals surface area contributed by atoms with Crippen molar-refractivity contribution in [3.63, 3.8) is 0 Å². The highest BCUT2D eigenvalue weighted by atomic mass is 79.9. The summed E-state index contributed by atoms with van der Waals surface area (Å²) in [5, 5.41) is 2.94. The van der Waals surface area contributed by atoms with Gasteiger partial charge >= 0.3 is 0 Å². The van der Waals surface area contributed by atoms with Gasteiger partial charge in [-0.25, -0.2) is 0 Å². The Morgan fingerprint density at radius 3 is 2.40 bits per heavy atom. The molecule has 1 aliphatic carbocycles. The number of nitrogens with two attached hydrogens (primary N) is 1. The van der Waals surface area contributed by atoms with Crippen molar-refractivity contribution in [2.24, 2.45) is 11.7 Å². The standard InChI is InChI=1S/C19H21BrN2O2.ClH/c20-15-8-10-16(11-9-15)24-18(14-4-2-1-3-5-14)19(23)22-12-17(21)13-6-7-13;/h1-5,8-11,13,17-18H,6-7,12,21H2,(H,22,23);1H. The first-order chi connectivity index (χ1) is 11.6. The zero-order valence-electron chi connectivity index (χ0n) is 13.7. The Bertz CT molecular complexity index is 678. The number of benzene rings is 2. The maximum atomic E-state index is 12.7. The van der Waals surface area contributed by atoms with Gasteiger partial charge in [0.1, 0.15) is 5.75 Å². The number of amides is 1. The first-order valence-corrected chi connectivity index (χ1v) is 8.93. The van der Waals surface area contributed by atoms with Crippen molar-refractivity contribution in [3.8, 4) is 5.75 Å². The van der Waals surface area contributed by atoms with E-state index in [9.17, 15) is 4.79 Å². The molecular weight excluding hydrogens is 404 g/mol. The third-order valence-corrected chi connectivity index (χ3v) is 4.68. The molecule has 0 heterocycles. The summed E-state index contributed by atoms with van der Waals surface area (Å²) in [6, 6.07) is 17.0. The van der Waals surface area contributed by atoms with Crippen LogP contribution in [0.2, 0.25) is 0 Å². The number of nitrogens with one attached hydrogen (secondary N) is 1. The Kier molecular flexibility index (Phi) is 7.29. The average molecular weight is 426 g/mol. The fraction of sp³-hybridized carbons (Fsp3) is 0.316. The Balaban J connectivity index is 0.00000225. The van der Waals surface area contributed by atoms with Crippen LogP contribution in [0.5, 0.6) is 5.75 Å². The lowest BCUT2D eigenvalue weighted by molar-refractivity contribution is -0.128. The first-order valence-electron chi connectivity index (χ1n) is 8.14. The van der Waals surface area contributed by atoms with Gasteiger partial charge in [0.25, 0.3) is 5.91 Å².